The van der Waals surface area contributed by atoms with Crippen LogP contribution in [0.3, 0.4) is 0 Å². The summed E-state index contributed by atoms with van der Waals surface area (Å²) in [6.45, 7) is 2.53. The molecule has 0 bridgehead atoms. The van der Waals surface area contributed by atoms with E-state index in [-0.39, 0.29) is 10.2 Å². The maximum atomic E-state index is 13.5. The van der Waals surface area contributed by atoms with Gasteiger partial charge >= 0.3 is 0 Å². The van der Waals surface area contributed by atoms with Crippen molar-refractivity contribution in [3.63, 3.8) is 0 Å². The fraction of sp³-hybridized carbons (Fsp3) is 0.538. The second-order valence-corrected chi connectivity index (χ2v) is 6.23. The molecule has 1 aromatic rings. The SMILES string of the molecule is O=[N+]([O-])c1cc(F)c(Br)cc1N1C[C@@H]2CCCN[C@@H]2C1. The summed E-state index contributed by atoms with van der Waals surface area (Å²) in [5.74, 6) is -0.0811. The molecule has 1 aromatic carbocycles. The predicted molar refractivity (Wildman–Crippen MR) is 77.5 cm³/mol. The Morgan fingerprint density at radius 3 is 2.95 bits per heavy atom. The summed E-state index contributed by atoms with van der Waals surface area (Å²) in [5.41, 5.74) is 0.337. The van der Waals surface area contributed by atoms with Gasteiger partial charge < -0.3 is 10.2 Å². The van der Waals surface area contributed by atoms with Crippen LogP contribution in [0.1, 0.15) is 12.8 Å². The van der Waals surface area contributed by atoms with E-state index in [2.05, 4.69) is 21.2 Å². The number of hydrogen-bond acceptors (Lipinski definition) is 4. The molecular weight excluding hydrogens is 329 g/mol. The topological polar surface area (TPSA) is 58.4 Å². The summed E-state index contributed by atoms with van der Waals surface area (Å²) < 4.78 is 13.8. The van der Waals surface area contributed by atoms with E-state index >= 15 is 0 Å². The van der Waals surface area contributed by atoms with Gasteiger partial charge in [0.1, 0.15) is 11.5 Å². The molecule has 5 nitrogen and oxygen atoms in total. The number of nitro benzene ring substituents is 1. The van der Waals surface area contributed by atoms with Gasteiger partial charge in [-0.05, 0) is 47.3 Å². The monoisotopic (exact) mass is 343 g/mol. The molecular formula is C13H15BrFN3O2. The smallest absolute Gasteiger partial charge is 0.295 e. The Hall–Kier alpha value is -1.21. The number of hydrogen-bond donors (Lipinski definition) is 1. The van der Waals surface area contributed by atoms with Crippen LogP contribution >= 0.6 is 15.9 Å². The Morgan fingerprint density at radius 2 is 2.25 bits per heavy atom. The van der Waals surface area contributed by atoms with Gasteiger partial charge in [0.05, 0.1) is 15.5 Å². The summed E-state index contributed by atoms with van der Waals surface area (Å²) in [7, 11) is 0. The van der Waals surface area contributed by atoms with E-state index in [9.17, 15) is 14.5 Å². The number of nitrogens with zero attached hydrogens (tertiary/aromatic N) is 2. The Balaban J connectivity index is 1.93. The van der Waals surface area contributed by atoms with Gasteiger partial charge in [-0.1, -0.05) is 0 Å². The molecule has 0 aromatic heterocycles. The van der Waals surface area contributed by atoms with Crippen molar-refractivity contribution in [3.8, 4) is 0 Å². The average molecular weight is 344 g/mol. The molecule has 0 unspecified atom stereocenters. The van der Waals surface area contributed by atoms with Crippen LogP contribution in [0.25, 0.3) is 0 Å². The summed E-state index contributed by atoms with van der Waals surface area (Å²) in [4.78, 5) is 12.6. The second kappa shape index (κ2) is 5.29. The van der Waals surface area contributed by atoms with Crippen molar-refractivity contribution in [2.75, 3.05) is 24.5 Å². The molecule has 20 heavy (non-hydrogen) atoms. The summed E-state index contributed by atoms with van der Waals surface area (Å²) in [5, 5.41) is 14.6. The zero-order valence-electron chi connectivity index (χ0n) is 10.8. The zero-order chi connectivity index (χ0) is 14.3. The molecule has 2 saturated heterocycles. The van der Waals surface area contributed by atoms with Crippen LogP contribution in [0.2, 0.25) is 0 Å². The molecule has 2 heterocycles. The molecule has 108 valence electrons. The fourth-order valence-corrected chi connectivity index (χ4v) is 3.50. The second-order valence-electron chi connectivity index (χ2n) is 5.38. The summed E-state index contributed by atoms with van der Waals surface area (Å²) >= 11 is 3.11. The molecule has 3 rings (SSSR count). The number of anilines is 1. The highest BCUT2D eigenvalue weighted by Crippen LogP contribution is 2.37. The number of rotatable bonds is 2. The molecule has 7 heteroatoms. The van der Waals surface area contributed by atoms with Crippen molar-refractivity contribution in [3.05, 3.63) is 32.5 Å². The van der Waals surface area contributed by atoms with Crippen LogP contribution in [-0.4, -0.2) is 30.6 Å². The third-order valence-electron chi connectivity index (χ3n) is 4.15. The number of nitro groups is 1. The zero-order valence-corrected chi connectivity index (χ0v) is 12.4. The predicted octanol–water partition coefficient (Wildman–Crippen LogP) is 2.68. The largest absolute Gasteiger partial charge is 0.364 e. The number of benzene rings is 1. The van der Waals surface area contributed by atoms with Gasteiger partial charge in [0.25, 0.3) is 5.69 Å². The van der Waals surface area contributed by atoms with Gasteiger partial charge in [0.2, 0.25) is 0 Å². The van der Waals surface area contributed by atoms with Crippen molar-refractivity contribution >= 4 is 27.3 Å². The first-order valence-electron chi connectivity index (χ1n) is 6.68. The van der Waals surface area contributed by atoms with E-state index in [1.165, 1.54) is 6.07 Å². The maximum absolute atomic E-state index is 13.5. The van der Waals surface area contributed by atoms with Gasteiger partial charge in [-0.3, -0.25) is 10.1 Å². The van der Waals surface area contributed by atoms with Gasteiger partial charge in [-0.25, -0.2) is 4.39 Å². The highest BCUT2D eigenvalue weighted by molar-refractivity contribution is 9.10. The third kappa shape index (κ3) is 2.40. The lowest BCUT2D eigenvalue weighted by Crippen LogP contribution is -2.40. The normalized spacial score (nSPS) is 25.6. The number of halogens is 2. The average Bonchev–Trinajstić information content (AvgIpc) is 2.84. The highest BCUT2D eigenvalue weighted by atomic mass is 79.9. The lowest BCUT2D eigenvalue weighted by atomic mass is 9.94. The fourth-order valence-electron chi connectivity index (χ4n) is 3.17. The maximum Gasteiger partial charge on any atom is 0.295 e. The first-order chi connectivity index (χ1) is 9.56. The van der Waals surface area contributed by atoms with Crippen molar-refractivity contribution in [1.29, 1.82) is 0 Å². The Kier molecular flexibility index (Phi) is 3.64. The Bertz CT molecular complexity index is 541. The van der Waals surface area contributed by atoms with Crippen molar-refractivity contribution in [1.82, 2.24) is 5.32 Å². The highest BCUT2D eigenvalue weighted by Gasteiger charge is 2.36. The van der Waals surface area contributed by atoms with Crippen LogP contribution in [0, 0.1) is 21.8 Å². The molecule has 0 amide bonds. The molecule has 0 spiro atoms. The van der Waals surface area contributed by atoms with Crippen LogP contribution in [0.15, 0.2) is 16.6 Å². The van der Waals surface area contributed by atoms with E-state index in [0.29, 0.717) is 17.6 Å². The van der Waals surface area contributed by atoms with Gasteiger partial charge in [0, 0.05) is 19.1 Å². The lowest BCUT2D eigenvalue weighted by molar-refractivity contribution is -0.384. The molecule has 0 radical (unpaired) electrons. The first kappa shape index (κ1) is 13.8. The van der Waals surface area contributed by atoms with Crippen molar-refractivity contribution in [2.45, 2.75) is 18.9 Å². The molecule has 2 aliphatic heterocycles. The molecule has 2 atom stereocenters. The van der Waals surface area contributed by atoms with E-state index in [1.807, 2.05) is 4.90 Å². The van der Waals surface area contributed by atoms with Gasteiger partial charge in [0.15, 0.2) is 0 Å². The van der Waals surface area contributed by atoms with E-state index in [1.54, 1.807) is 0 Å². The molecule has 2 aliphatic rings. The lowest BCUT2D eigenvalue weighted by Gasteiger charge is -2.24. The van der Waals surface area contributed by atoms with Crippen LogP contribution in [0.5, 0.6) is 0 Å². The van der Waals surface area contributed by atoms with Crippen LogP contribution < -0.4 is 10.2 Å². The van der Waals surface area contributed by atoms with Gasteiger partial charge in [-0.15, -0.1) is 0 Å². The van der Waals surface area contributed by atoms with Crippen LogP contribution in [0.4, 0.5) is 15.8 Å². The summed E-state index contributed by atoms with van der Waals surface area (Å²) in [6, 6.07) is 2.90. The minimum absolute atomic E-state index is 0.163. The molecule has 2 fully saturated rings. The number of piperidine rings is 1. The minimum Gasteiger partial charge on any atom is -0.364 e. The van der Waals surface area contributed by atoms with E-state index in [4.69, 9.17) is 0 Å². The van der Waals surface area contributed by atoms with E-state index < -0.39 is 10.7 Å². The standard InChI is InChI=1S/C13H15BrFN3O2/c14-9-4-12(13(18(19)20)5-10(9)15)17-6-8-2-1-3-16-11(8)7-17/h4-5,8,11,16H,1-3,6-7H2/t8-,11+/m0/s1. The molecule has 0 saturated carbocycles. The Labute approximate surface area is 124 Å². The van der Waals surface area contributed by atoms with Crippen molar-refractivity contribution in [2.24, 2.45) is 5.92 Å². The van der Waals surface area contributed by atoms with Gasteiger partial charge in [-0.2, -0.15) is 0 Å². The minimum atomic E-state index is -0.602. The quantitative estimate of drug-likeness (QED) is 0.662. The van der Waals surface area contributed by atoms with E-state index in [0.717, 1.165) is 38.5 Å². The first-order valence-corrected chi connectivity index (χ1v) is 7.47. The Morgan fingerprint density at radius 1 is 1.45 bits per heavy atom. The molecule has 0 aliphatic carbocycles. The molecule has 1 N–H and O–H groups in total. The van der Waals surface area contributed by atoms with Crippen LogP contribution in [-0.2, 0) is 0 Å². The number of fused-ring (bicyclic) bond motifs is 1. The number of nitrogens with one attached hydrogen (secondary N) is 1. The summed E-state index contributed by atoms with van der Waals surface area (Å²) in [6.07, 6.45) is 2.29. The van der Waals surface area contributed by atoms with Crippen molar-refractivity contribution < 1.29 is 9.31 Å². The third-order valence-corrected chi connectivity index (χ3v) is 4.76.